The Bertz CT molecular complexity index is 533. The summed E-state index contributed by atoms with van der Waals surface area (Å²) in [5, 5.41) is 16.9. The molecule has 122 valence electrons. The van der Waals surface area contributed by atoms with Gasteiger partial charge < -0.3 is 15.4 Å². The van der Waals surface area contributed by atoms with Crippen molar-refractivity contribution in [1.29, 1.82) is 0 Å². The highest BCUT2D eigenvalue weighted by Crippen LogP contribution is 2.29. The van der Waals surface area contributed by atoms with Gasteiger partial charge in [-0.1, -0.05) is 0 Å². The maximum absolute atomic E-state index is 12.0. The van der Waals surface area contributed by atoms with Crippen LogP contribution in [0.15, 0.2) is 18.2 Å². The van der Waals surface area contributed by atoms with Gasteiger partial charge in [0, 0.05) is 18.2 Å². The van der Waals surface area contributed by atoms with Crippen LogP contribution >= 0.6 is 12.4 Å². The lowest BCUT2D eigenvalue weighted by atomic mass is 9.94. The van der Waals surface area contributed by atoms with Gasteiger partial charge in [0.25, 0.3) is 0 Å². The van der Waals surface area contributed by atoms with E-state index in [1.807, 2.05) is 0 Å². The highest BCUT2D eigenvalue weighted by molar-refractivity contribution is 5.91. The minimum atomic E-state index is -0.526. The van der Waals surface area contributed by atoms with Crippen LogP contribution < -0.4 is 15.4 Å². The third kappa shape index (κ3) is 4.85. The van der Waals surface area contributed by atoms with Crippen molar-refractivity contribution in [3.8, 4) is 5.75 Å². The maximum atomic E-state index is 12.0. The Hall–Kier alpha value is -1.86. The monoisotopic (exact) mass is 329 g/mol. The number of amides is 1. The number of piperidine rings is 1. The molecule has 0 atom stereocenters. The molecule has 1 amide bonds. The number of rotatable bonds is 5. The fourth-order valence-electron chi connectivity index (χ4n) is 2.47. The van der Waals surface area contributed by atoms with Gasteiger partial charge in [0.05, 0.1) is 12.0 Å². The van der Waals surface area contributed by atoms with E-state index in [9.17, 15) is 14.9 Å². The number of methoxy groups -OCH3 is 1. The third-order valence-corrected chi connectivity index (χ3v) is 3.59. The van der Waals surface area contributed by atoms with Crippen molar-refractivity contribution in [3.63, 3.8) is 0 Å². The van der Waals surface area contributed by atoms with Crippen molar-refractivity contribution in [1.82, 2.24) is 5.32 Å². The van der Waals surface area contributed by atoms with Gasteiger partial charge in [-0.25, -0.2) is 0 Å². The normalized spacial score (nSPS) is 14.8. The fourth-order valence-corrected chi connectivity index (χ4v) is 2.47. The van der Waals surface area contributed by atoms with Gasteiger partial charge in [-0.05, 0) is 44.0 Å². The number of ether oxygens (including phenoxy) is 1. The van der Waals surface area contributed by atoms with Crippen molar-refractivity contribution in [2.24, 2.45) is 5.92 Å². The lowest BCUT2D eigenvalue weighted by Gasteiger charge is -2.21. The predicted octanol–water partition coefficient (Wildman–Crippen LogP) is 2.35. The number of hydrogen-bond acceptors (Lipinski definition) is 5. The van der Waals surface area contributed by atoms with Crippen LogP contribution in [0.1, 0.15) is 19.3 Å². The summed E-state index contributed by atoms with van der Waals surface area (Å²) in [7, 11) is 1.37. The van der Waals surface area contributed by atoms with Gasteiger partial charge in [0.1, 0.15) is 0 Å². The molecule has 0 bridgehead atoms. The predicted molar refractivity (Wildman–Crippen MR) is 85.7 cm³/mol. The van der Waals surface area contributed by atoms with E-state index in [-0.39, 0.29) is 29.8 Å². The molecule has 1 saturated heterocycles. The summed E-state index contributed by atoms with van der Waals surface area (Å²) in [4.78, 5) is 22.4. The summed E-state index contributed by atoms with van der Waals surface area (Å²) >= 11 is 0. The zero-order chi connectivity index (χ0) is 15.2. The van der Waals surface area contributed by atoms with E-state index in [1.165, 1.54) is 19.2 Å². The highest BCUT2D eigenvalue weighted by Gasteiger charge is 2.19. The molecule has 0 aliphatic carbocycles. The molecule has 1 fully saturated rings. The number of anilines is 1. The standard InChI is InChI=1S/C14H19N3O4.ClH/c1-21-13-3-2-11(9-12(13)17(19)20)16-14(18)8-10-4-6-15-7-5-10;/h2-3,9-10,15H,4-8H2,1H3,(H,16,18);1H. The first-order chi connectivity index (χ1) is 10.1. The molecule has 8 heteroatoms. The number of halogens is 1. The minimum absolute atomic E-state index is 0. The number of nitrogens with zero attached hydrogens (tertiary/aromatic N) is 1. The molecule has 7 nitrogen and oxygen atoms in total. The zero-order valence-electron chi connectivity index (χ0n) is 12.3. The van der Waals surface area contributed by atoms with Crippen LogP contribution in [0.5, 0.6) is 5.75 Å². The average Bonchev–Trinajstić information content (AvgIpc) is 2.48. The topological polar surface area (TPSA) is 93.5 Å². The van der Waals surface area contributed by atoms with Crippen molar-refractivity contribution >= 4 is 29.7 Å². The van der Waals surface area contributed by atoms with E-state index >= 15 is 0 Å². The number of benzene rings is 1. The Kier molecular flexibility index (Phi) is 7.07. The van der Waals surface area contributed by atoms with E-state index < -0.39 is 4.92 Å². The molecule has 2 rings (SSSR count). The van der Waals surface area contributed by atoms with Crippen LogP contribution in [0.3, 0.4) is 0 Å². The number of carbonyl (C=O) groups is 1. The fraction of sp³-hybridized carbons (Fsp3) is 0.500. The van der Waals surface area contributed by atoms with Crippen LogP contribution in [-0.4, -0.2) is 31.0 Å². The maximum Gasteiger partial charge on any atom is 0.312 e. The van der Waals surface area contributed by atoms with Gasteiger partial charge in [-0.2, -0.15) is 0 Å². The molecular formula is C14H20ClN3O4. The Morgan fingerprint density at radius 1 is 1.45 bits per heavy atom. The summed E-state index contributed by atoms with van der Waals surface area (Å²) in [6.07, 6.45) is 2.41. The second-order valence-electron chi connectivity index (χ2n) is 5.09. The van der Waals surface area contributed by atoms with Crippen LogP contribution in [0.4, 0.5) is 11.4 Å². The lowest BCUT2D eigenvalue weighted by Crippen LogP contribution is -2.30. The first-order valence-corrected chi connectivity index (χ1v) is 6.93. The minimum Gasteiger partial charge on any atom is -0.490 e. The van der Waals surface area contributed by atoms with E-state index in [4.69, 9.17) is 4.74 Å². The molecule has 0 radical (unpaired) electrons. The molecule has 0 spiro atoms. The molecule has 1 aliphatic rings. The molecule has 0 unspecified atom stereocenters. The van der Waals surface area contributed by atoms with Gasteiger partial charge in [0.15, 0.2) is 5.75 Å². The first kappa shape index (κ1) is 18.2. The van der Waals surface area contributed by atoms with Crippen LogP contribution in [0.2, 0.25) is 0 Å². The number of carbonyl (C=O) groups excluding carboxylic acids is 1. The molecular weight excluding hydrogens is 310 g/mol. The summed E-state index contributed by atoms with van der Waals surface area (Å²) in [5.74, 6) is 0.442. The van der Waals surface area contributed by atoms with E-state index in [0.717, 1.165) is 25.9 Å². The third-order valence-electron chi connectivity index (χ3n) is 3.59. The smallest absolute Gasteiger partial charge is 0.312 e. The molecule has 1 heterocycles. The number of nitrogens with one attached hydrogen (secondary N) is 2. The summed E-state index contributed by atoms with van der Waals surface area (Å²) < 4.78 is 4.93. The van der Waals surface area contributed by atoms with Gasteiger partial charge in [-0.3, -0.25) is 14.9 Å². The first-order valence-electron chi connectivity index (χ1n) is 6.93. The van der Waals surface area contributed by atoms with Crippen molar-refractivity contribution in [2.75, 3.05) is 25.5 Å². The average molecular weight is 330 g/mol. The van der Waals surface area contributed by atoms with E-state index in [0.29, 0.717) is 18.0 Å². The lowest BCUT2D eigenvalue weighted by molar-refractivity contribution is -0.385. The molecule has 0 aromatic heterocycles. The van der Waals surface area contributed by atoms with Crippen LogP contribution in [-0.2, 0) is 4.79 Å². The van der Waals surface area contributed by atoms with Gasteiger partial charge in [0.2, 0.25) is 5.91 Å². The van der Waals surface area contributed by atoms with Crippen molar-refractivity contribution < 1.29 is 14.5 Å². The Balaban J connectivity index is 0.00000242. The Morgan fingerprint density at radius 3 is 2.73 bits per heavy atom. The van der Waals surface area contributed by atoms with E-state index in [2.05, 4.69) is 10.6 Å². The van der Waals surface area contributed by atoms with E-state index in [1.54, 1.807) is 6.07 Å². The van der Waals surface area contributed by atoms with Crippen molar-refractivity contribution in [2.45, 2.75) is 19.3 Å². The number of nitro groups is 1. The second kappa shape index (κ2) is 8.55. The molecule has 1 aliphatic heterocycles. The van der Waals surface area contributed by atoms with Crippen LogP contribution in [0.25, 0.3) is 0 Å². The summed E-state index contributed by atoms with van der Waals surface area (Å²) in [6, 6.07) is 4.41. The Labute approximate surface area is 135 Å². The van der Waals surface area contributed by atoms with Crippen LogP contribution in [0, 0.1) is 16.0 Å². The molecule has 22 heavy (non-hydrogen) atoms. The second-order valence-corrected chi connectivity index (χ2v) is 5.09. The van der Waals surface area contributed by atoms with Gasteiger partial charge >= 0.3 is 5.69 Å². The highest BCUT2D eigenvalue weighted by atomic mass is 35.5. The van der Waals surface area contributed by atoms with Gasteiger partial charge in [-0.15, -0.1) is 12.4 Å². The van der Waals surface area contributed by atoms with Crippen molar-refractivity contribution in [3.05, 3.63) is 28.3 Å². The molecule has 2 N–H and O–H groups in total. The molecule has 1 aromatic carbocycles. The zero-order valence-corrected chi connectivity index (χ0v) is 13.1. The molecule has 0 saturated carbocycles. The summed E-state index contributed by atoms with van der Waals surface area (Å²) in [6.45, 7) is 1.87. The largest absolute Gasteiger partial charge is 0.490 e. The quantitative estimate of drug-likeness (QED) is 0.639. The summed E-state index contributed by atoms with van der Waals surface area (Å²) in [5.41, 5.74) is 0.263. The SMILES string of the molecule is COc1ccc(NC(=O)CC2CCNCC2)cc1[N+](=O)[O-].Cl. The molecule has 1 aromatic rings. The number of hydrogen-bond donors (Lipinski definition) is 2. The Morgan fingerprint density at radius 2 is 2.14 bits per heavy atom. The number of nitro benzene ring substituents is 1.